The van der Waals surface area contributed by atoms with Gasteiger partial charge in [-0.1, -0.05) is 91.7 Å². The number of phenols is 1. The number of benzene rings is 5. The number of rotatable bonds is 12. The van der Waals surface area contributed by atoms with Gasteiger partial charge in [0.15, 0.2) is 0 Å². The van der Waals surface area contributed by atoms with E-state index in [4.69, 9.17) is 9.39 Å². The first-order valence-corrected chi connectivity index (χ1v) is 19.3. The van der Waals surface area contributed by atoms with Gasteiger partial charge in [-0.2, -0.15) is 0 Å². The Labute approximate surface area is 322 Å². The molecule has 2 aliphatic heterocycles. The number of fused-ring (bicyclic) bond motifs is 4. The summed E-state index contributed by atoms with van der Waals surface area (Å²) in [6, 6.07) is 38.4. The number of anilines is 3. The van der Waals surface area contributed by atoms with E-state index >= 15 is 0 Å². The van der Waals surface area contributed by atoms with Crippen LogP contribution in [0, 0.1) is 17.8 Å². The number of nitrogens with one attached hydrogen (secondary N) is 1. The zero-order valence-electron chi connectivity index (χ0n) is 30.9. The molecular weight excluding hydrogens is 687 g/mol. The minimum Gasteiger partial charge on any atom is -0.507 e. The lowest BCUT2D eigenvalue weighted by atomic mass is 9.58. The first-order valence-electron chi connectivity index (χ1n) is 19.3. The molecule has 0 unspecified atom stereocenters. The molecule has 55 heavy (non-hydrogen) atoms. The zero-order valence-corrected chi connectivity index (χ0v) is 30.9. The van der Waals surface area contributed by atoms with Crippen molar-refractivity contribution in [3.05, 3.63) is 144 Å². The Hall–Kier alpha value is -5.64. The molecule has 3 aliphatic rings. The van der Waals surface area contributed by atoms with Gasteiger partial charge < -0.3 is 24.8 Å². The van der Waals surface area contributed by atoms with Gasteiger partial charge in [-0.15, -0.1) is 0 Å². The highest BCUT2D eigenvalue weighted by Gasteiger charge is 2.57. The highest BCUT2D eigenvalue weighted by Crippen LogP contribution is 2.51. The maximum atomic E-state index is 14.5. The van der Waals surface area contributed by atoms with Crippen molar-refractivity contribution in [2.45, 2.75) is 51.5 Å². The summed E-state index contributed by atoms with van der Waals surface area (Å²) in [4.78, 5) is 30.1. The molecule has 278 valence electrons. The number of allylic oxidation sites excluding steroid dienone is 1. The Morgan fingerprint density at radius 3 is 2.27 bits per heavy atom. The van der Waals surface area contributed by atoms with Gasteiger partial charge in [0.2, 0.25) is 11.8 Å². The second kappa shape index (κ2) is 16.0. The molecule has 0 radical (unpaired) electrons. The number of ether oxygens (including phenoxy) is 1. The second-order valence-corrected chi connectivity index (χ2v) is 14.8. The van der Waals surface area contributed by atoms with Crippen LogP contribution in [-0.4, -0.2) is 41.8 Å². The number of imide groups is 1. The molecule has 0 saturated carbocycles. The minimum absolute atomic E-state index is 0.221. The third-order valence-corrected chi connectivity index (χ3v) is 11.2. The summed E-state index contributed by atoms with van der Waals surface area (Å²) in [5.74, 6) is -1.03. The standard InChI is InChI=1S/C46H45BN2O6/c1-2-11-30(26-31-19-24-41(50)38-17-10-9-16-37(31)38)18-25-42-43-32(29-54-36-14-7-4-8-15-36)27-39-44(40(43)28-47(53)55-42)46(52)49(45(39)51)35-22-20-34(21-23-35)48-33-12-5-3-6-13-33/h3-10,12-17,19-24,26,39-40,42,44,48,50,53H,2,11,18,25,27-29H2,1H3/b30-26+/t39-,40+,42-,44-/m1/s1. The topological polar surface area (TPSA) is 108 Å². The molecule has 9 heteroatoms. The SMILES string of the molecule is CCC/C(=C\c1ccc(O)c2ccccc12)CC[C@H]1OB(O)C[C@H]2C1=C(COc1ccccc1)C[C@H]1C(=O)N(c3ccc(Nc4ccccc4)cc3)C(=O)[C@H]12. The highest BCUT2D eigenvalue weighted by molar-refractivity contribution is 6.43. The van der Waals surface area contributed by atoms with Crippen LogP contribution in [0.1, 0.15) is 44.6 Å². The van der Waals surface area contributed by atoms with E-state index in [1.165, 1.54) is 10.5 Å². The molecule has 2 amide bonds. The molecule has 4 atom stereocenters. The Morgan fingerprint density at radius 2 is 1.53 bits per heavy atom. The molecular formula is C46H45BN2O6. The Morgan fingerprint density at radius 1 is 0.836 bits per heavy atom. The van der Waals surface area contributed by atoms with E-state index in [1.807, 2.05) is 115 Å². The van der Waals surface area contributed by atoms with Gasteiger partial charge in [0.1, 0.15) is 18.1 Å². The van der Waals surface area contributed by atoms with Crippen LogP contribution in [0.3, 0.4) is 0 Å². The summed E-state index contributed by atoms with van der Waals surface area (Å²) in [5.41, 5.74) is 6.54. The lowest BCUT2D eigenvalue weighted by Crippen LogP contribution is -2.46. The minimum atomic E-state index is -1.08. The van der Waals surface area contributed by atoms with Crippen molar-refractivity contribution in [1.82, 2.24) is 0 Å². The summed E-state index contributed by atoms with van der Waals surface area (Å²) in [6.07, 6.45) is 5.50. The van der Waals surface area contributed by atoms with E-state index in [9.17, 15) is 19.7 Å². The molecule has 2 fully saturated rings. The smallest absolute Gasteiger partial charge is 0.455 e. The van der Waals surface area contributed by atoms with Gasteiger partial charge in [-0.3, -0.25) is 14.5 Å². The average Bonchev–Trinajstić information content (AvgIpc) is 3.46. The van der Waals surface area contributed by atoms with Crippen molar-refractivity contribution < 1.29 is 29.1 Å². The number of amides is 2. The third kappa shape index (κ3) is 7.55. The first-order chi connectivity index (χ1) is 26.9. The van der Waals surface area contributed by atoms with Crippen LogP contribution in [0.4, 0.5) is 17.1 Å². The molecule has 8 nitrogen and oxygen atoms in total. The van der Waals surface area contributed by atoms with Crippen LogP contribution >= 0.6 is 0 Å². The molecule has 8 rings (SSSR count). The van der Waals surface area contributed by atoms with Crippen LogP contribution in [0.15, 0.2) is 138 Å². The molecule has 2 heterocycles. The van der Waals surface area contributed by atoms with Gasteiger partial charge in [-0.05, 0) is 115 Å². The van der Waals surface area contributed by atoms with E-state index in [0.29, 0.717) is 24.9 Å². The normalized spacial score (nSPS) is 21.2. The summed E-state index contributed by atoms with van der Waals surface area (Å²) < 4.78 is 12.7. The Balaban J connectivity index is 1.09. The quantitative estimate of drug-likeness (QED) is 0.0667. The molecule has 2 saturated heterocycles. The number of hydrogen-bond donors (Lipinski definition) is 3. The molecule has 0 bridgehead atoms. The van der Waals surface area contributed by atoms with Crippen LogP contribution in [-0.2, 0) is 14.2 Å². The number of nitrogens with zero attached hydrogens (tertiary/aromatic N) is 1. The van der Waals surface area contributed by atoms with E-state index in [1.54, 1.807) is 6.07 Å². The highest BCUT2D eigenvalue weighted by atomic mass is 16.5. The van der Waals surface area contributed by atoms with Gasteiger partial charge >= 0.3 is 7.12 Å². The van der Waals surface area contributed by atoms with Gasteiger partial charge in [0, 0.05) is 16.8 Å². The van der Waals surface area contributed by atoms with Crippen LogP contribution in [0.5, 0.6) is 11.5 Å². The molecule has 1 aliphatic carbocycles. The fraction of sp³-hybridized carbons (Fsp3) is 0.261. The number of hydrogen-bond acceptors (Lipinski definition) is 7. The largest absolute Gasteiger partial charge is 0.507 e. The van der Waals surface area contributed by atoms with Crippen molar-refractivity contribution in [3.8, 4) is 11.5 Å². The van der Waals surface area contributed by atoms with Crippen molar-refractivity contribution >= 4 is 52.8 Å². The van der Waals surface area contributed by atoms with E-state index in [0.717, 1.165) is 57.4 Å². The van der Waals surface area contributed by atoms with Gasteiger partial charge in [0.05, 0.1) is 23.6 Å². The summed E-state index contributed by atoms with van der Waals surface area (Å²) in [6.45, 7) is 2.41. The van der Waals surface area contributed by atoms with Crippen LogP contribution < -0.4 is 15.0 Å². The second-order valence-electron chi connectivity index (χ2n) is 14.8. The fourth-order valence-electron chi connectivity index (χ4n) is 8.78. The lowest BCUT2D eigenvalue weighted by molar-refractivity contribution is -0.122. The van der Waals surface area contributed by atoms with E-state index in [-0.39, 0.29) is 36.4 Å². The fourth-order valence-corrected chi connectivity index (χ4v) is 8.78. The molecule has 3 N–H and O–H groups in total. The van der Waals surface area contributed by atoms with Gasteiger partial charge in [-0.25, -0.2) is 0 Å². The van der Waals surface area contributed by atoms with E-state index < -0.39 is 25.1 Å². The maximum Gasteiger partial charge on any atom is 0.455 e. The number of carbonyl (C=O) groups is 2. The number of para-hydroxylation sites is 2. The number of carbonyl (C=O) groups excluding carboxylic acids is 2. The van der Waals surface area contributed by atoms with E-state index in [2.05, 4.69) is 18.3 Å². The predicted molar refractivity (Wildman–Crippen MR) is 218 cm³/mol. The molecule has 0 aromatic heterocycles. The maximum absolute atomic E-state index is 14.5. The first kappa shape index (κ1) is 36.3. The lowest BCUT2D eigenvalue weighted by Gasteiger charge is -2.43. The van der Waals surface area contributed by atoms with Crippen LogP contribution in [0.25, 0.3) is 16.8 Å². The summed E-state index contributed by atoms with van der Waals surface area (Å²) in [5, 5.41) is 26.9. The van der Waals surface area contributed by atoms with Crippen molar-refractivity contribution in [2.75, 3.05) is 16.8 Å². The predicted octanol–water partition coefficient (Wildman–Crippen LogP) is 9.33. The summed E-state index contributed by atoms with van der Waals surface area (Å²) in [7, 11) is -1.08. The third-order valence-electron chi connectivity index (χ3n) is 11.2. The van der Waals surface area contributed by atoms with Crippen molar-refractivity contribution in [3.63, 3.8) is 0 Å². The number of aromatic hydroxyl groups is 1. The Kier molecular flexibility index (Phi) is 10.6. The molecule has 5 aromatic carbocycles. The average molecular weight is 733 g/mol. The monoisotopic (exact) mass is 732 g/mol. The Bertz CT molecular complexity index is 2240. The van der Waals surface area contributed by atoms with Crippen molar-refractivity contribution in [2.24, 2.45) is 17.8 Å². The molecule has 5 aromatic rings. The molecule has 0 spiro atoms. The number of phenolic OH excluding ortho intramolecular Hbond substituents is 1. The summed E-state index contributed by atoms with van der Waals surface area (Å²) >= 11 is 0. The van der Waals surface area contributed by atoms with Crippen LogP contribution in [0.2, 0.25) is 6.32 Å². The van der Waals surface area contributed by atoms with Crippen molar-refractivity contribution in [1.29, 1.82) is 0 Å². The zero-order chi connectivity index (χ0) is 37.9. The van der Waals surface area contributed by atoms with Gasteiger partial charge in [0.25, 0.3) is 0 Å².